The van der Waals surface area contributed by atoms with Gasteiger partial charge in [-0.3, -0.25) is 0 Å². The van der Waals surface area contributed by atoms with Crippen molar-refractivity contribution in [2.45, 2.75) is 25.7 Å². The number of hydrogen-bond acceptors (Lipinski definition) is 5. The zero-order valence-corrected chi connectivity index (χ0v) is 14.0. The fraction of sp³-hybridized carbons (Fsp3) is 0.714. The number of aryl methyl sites for hydroxylation is 1. The molecule has 1 unspecified atom stereocenters. The van der Waals surface area contributed by atoms with E-state index in [-0.39, 0.29) is 24.8 Å². The number of nitrogens with one attached hydrogen (secondary N) is 1. The molecule has 2 aliphatic heterocycles. The van der Waals surface area contributed by atoms with Gasteiger partial charge in [-0.15, -0.1) is 24.8 Å². The summed E-state index contributed by atoms with van der Waals surface area (Å²) >= 11 is 0. The highest BCUT2D eigenvalue weighted by molar-refractivity contribution is 5.85. The number of halogens is 2. The molecule has 3 rings (SSSR count). The molecule has 2 fully saturated rings. The molecule has 0 bridgehead atoms. The van der Waals surface area contributed by atoms with Gasteiger partial charge in [0.15, 0.2) is 0 Å². The molecule has 1 N–H and O–H groups in total. The molecule has 120 valence electrons. The highest BCUT2D eigenvalue weighted by Gasteiger charge is 2.21. The Balaban J connectivity index is 0.00000110. The van der Waals surface area contributed by atoms with Gasteiger partial charge in [-0.25, -0.2) is 9.97 Å². The van der Waals surface area contributed by atoms with Gasteiger partial charge >= 0.3 is 0 Å². The normalized spacial score (nSPS) is 22.1. The van der Waals surface area contributed by atoms with Crippen LogP contribution in [-0.2, 0) is 4.74 Å². The lowest BCUT2D eigenvalue weighted by molar-refractivity contribution is 0.193. The van der Waals surface area contributed by atoms with Crippen LogP contribution in [-0.4, -0.2) is 49.4 Å². The highest BCUT2D eigenvalue weighted by Crippen LogP contribution is 2.26. The minimum absolute atomic E-state index is 0. The van der Waals surface area contributed by atoms with Crippen LogP contribution in [0.1, 0.15) is 30.3 Å². The summed E-state index contributed by atoms with van der Waals surface area (Å²) in [5, 5.41) is 3.43. The van der Waals surface area contributed by atoms with Crippen molar-refractivity contribution in [1.29, 1.82) is 0 Å². The molecule has 0 aromatic carbocycles. The average molecular weight is 335 g/mol. The Hall–Kier alpha value is -0.620. The Labute approximate surface area is 138 Å². The SMILES string of the molecule is Cc1nc(C2CCOC2)cc(N2CCCNCC2)n1.Cl.Cl. The molecule has 0 saturated carbocycles. The van der Waals surface area contributed by atoms with Gasteiger partial charge in [0, 0.05) is 38.2 Å². The number of rotatable bonds is 2. The highest BCUT2D eigenvalue weighted by atomic mass is 35.5. The predicted molar refractivity (Wildman–Crippen MR) is 89.1 cm³/mol. The van der Waals surface area contributed by atoms with E-state index in [4.69, 9.17) is 4.74 Å². The number of ether oxygens (including phenoxy) is 1. The molecular formula is C14H24Cl2N4O. The van der Waals surface area contributed by atoms with Crippen LogP contribution in [0.5, 0.6) is 0 Å². The van der Waals surface area contributed by atoms with Crippen molar-refractivity contribution in [3.63, 3.8) is 0 Å². The number of hydrogen-bond donors (Lipinski definition) is 1. The molecule has 1 atom stereocenters. The number of nitrogens with zero attached hydrogens (tertiary/aromatic N) is 3. The molecule has 0 radical (unpaired) electrons. The van der Waals surface area contributed by atoms with Gasteiger partial charge in [0.25, 0.3) is 0 Å². The van der Waals surface area contributed by atoms with Crippen molar-refractivity contribution in [2.24, 2.45) is 0 Å². The average Bonchev–Trinajstić information content (AvgIpc) is 2.81. The lowest BCUT2D eigenvalue weighted by Gasteiger charge is -2.22. The molecule has 5 nitrogen and oxygen atoms in total. The maximum absolute atomic E-state index is 5.47. The smallest absolute Gasteiger partial charge is 0.132 e. The number of anilines is 1. The molecule has 0 spiro atoms. The third-order valence-electron chi connectivity index (χ3n) is 3.86. The first-order valence-electron chi connectivity index (χ1n) is 7.22. The molecule has 3 heterocycles. The van der Waals surface area contributed by atoms with Gasteiger partial charge in [0.2, 0.25) is 0 Å². The van der Waals surface area contributed by atoms with E-state index in [2.05, 4.69) is 26.3 Å². The van der Waals surface area contributed by atoms with Crippen LogP contribution in [0.2, 0.25) is 0 Å². The summed E-state index contributed by atoms with van der Waals surface area (Å²) in [5.41, 5.74) is 1.15. The summed E-state index contributed by atoms with van der Waals surface area (Å²) in [6.07, 6.45) is 2.25. The van der Waals surface area contributed by atoms with Gasteiger partial charge in [0.1, 0.15) is 11.6 Å². The first-order valence-corrected chi connectivity index (χ1v) is 7.22. The molecule has 1 aromatic rings. The summed E-state index contributed by atoms with van der Waals surface area (Å²) in [7, 11) is 0. The second kappa shape index (κ2) is 8.73. The summed E-state index contributed by atoms with van der Waals surface area (Å²) in [6, 6.07) is 2.16. The van der Waals surface area contributed by atoms with Crippen LogP contribution in [0, 0.1) is 6.92 Å². The third kappa shape index (κ3) is 4.68. The van der Waals surface area contributed by atoms with Crippen molar-refractivity contribution in [1.82, 2.24) is 15.3 Å². The van der Waals surface area contributed by atoms with Crippen molar-refractivity contribution in [3.05, 3.63) is 17.6 Å². The Morgan fingerprint density at radius 2 is 2.10 bits per heavy atom. The summed E-state index contributed by atoms with van der Waals surface area (Å²) in [4.78, 5) is 11.6. The third-order valence-corrected chi connectivity index (χ3v) is 3.86. The minimum atomic E-state index is 0. The van der Waals surface area contributed by atoms with Gasteiger partial charge < -0.3 is 15.0 Å². The maximum Gasteiger partial charge on any atom is 0.132 e. The summed E-state index contributed by atoms with van der Waals surface area (Å²) in [6.45, 7) is 7.88. The van der Waals surface area contributed by atoms with Crippen LogP contribution in [0.15, 0.2) is 6.07 Å². The standard InChI is InChI=1S/C14H22N4O.2ClH/c1-11-16-13(12-3-8-19-10-12)9-14(17-11)18-6-2-4-15-5-7-18;;/h9,12,15H,2-8,10H2,1H3;2*1H. The Morgan fingerprint density at radius 1 is 1.24 bits per heavy atom. The van der Waals surface area contributed by atoms with E-state index >= 15 is 0 Å². The Bertz CT molecular complexity index is 433. The number of aromatic nitrogens is 2. The van der Waals surface area contributed by atoms with Crippen LogP contribution in [0.4, 0.5) is 5.82 Å². The molecule has 21 heavy (non-hydrogen) atoms. The molecule has 7 heteroatoms. The molecule has 1 aromatic heterocycles. The van der Waals surface area contributed by atoms with E-state index in [0.29, 0.717) is 5.92 Å². The van der Waals surface area contributed by atoms with E-state index in [9.17, 15) is 0 Å². The molecular weight excluding hydrogens is 311 g/mol. The first-order chi connectivity index (χ1) is 9.33. The second-order valence-corrected chi connectivity index (χ2v) is 5.35. The molecule has 0 aliphatic carbocycles. The molecule has 2 aliphatic rings. The van der Waals surface area contributed by atoms with Crippen molar-refractivity contribution in [2.75, 3.05) is 44.3 Å². The second-order valence-electron chi connectivity index (χ2n) is 5.35. The Kier molecular flexibility index (Phi) is 7.66. The first kappa shape index (κ1) is 18.4. The lowest BCUT2D eigenvalue weighted by Crippen LogP contribution is -2.29. The zero-order valence-electron chi connectivity index (χ0n) is 12.4. The summed E-state index contributed by atoms with van der Waals surface area (Å²) in [5.74, 6) is 2.40. The zero-order chi connectivity index (χ0) is 13.1. The quantitative estimate of drug-likeness (QED) is 0.895. The van der Waals surface area contributed by atoms with Crippen LogP contribution < -0.4 is 10.2 Å². The topological polar surface area (TPSA) is 50.3 Å². The van der Waals surface area contributed by atoms with Crippen LogP contribution in [0.3, 0.4) is 0 Å². The van der Waals surface area contributed by atoms with Crippen molar-refractivity contribution < 1.29 is 4.74 Å². The lowest BCUT2D eigenvalue weighted by atomic mass is 10.0. The molecule has 0 amide bonds. The minimum Gasteiger partial charge on any atom is -0.381 e. The van der Waals surface area contributed by atoms with Gasteiger partial charge in [0.05, 0.1) is 12.3 Å². The van der Waals surface area contributed by atoms with Gasteiger partial charge in [-0.05, 0) is 26.3 Å². The van der Waals surface area contributed by atoms with Gasteiger partial charge in [-0.1, -0.05) is 0 Å². The predicted octanol–water partition coefficient (Wildman–Crippen LogP) is 1.93. The van der Waals surface area contributed by atoms with Crippen LogP contribution >= 0.6 is 24.8 Å². The van der Waals surface area contributed by atoms with E-state index in [0.717, 1.165) is 63.1 Å². The van der Waals surface area contributed by atoms with Gasteiger partial charge in [-0.2, -0.15) is 0 Å². The largest absolute Gasteiger partial charge is 0.381 e. The van der Waals surface area contributed by atoms with E-state index in [1.54, 1.807) is 0 Å². The van der Waals surface area contributed by atoms with Crippen LogP contribution in [0.25, 0.3) is 0 Å². The van der Waals surface area contributed by atoms with E-state index < -0.39 is 0 Å². The maximum atomic E-state index is 5.47. The van der Waals surface area contributed by atoms with E-state index in [1.165, 1.54) is 6.42 Å². The summed E-state index contributed by atoms with van der Waals surface area (Å²) < 4.78 is 5.47. The van der Waals surface area contributed by atoms with Crippen molar-refractivity contribution >= 4 is 30.6 Å². The fourth-order valence-corrected chi connectivity index (χ4v) is 2.79. The fourth-order valence-electron chi connectivity index (χ4n) is 2.79. The Morgan fingerprint density at radius 3 is 2.86 bits per heavy atom. The van der Waals surface area contributed by atoms with E-state index in [1.807, 2.05) is 6.92 Å². The van der Waals surface area contributed by atoms with Crippen molar-refractivity contribution in [3.8, 4) is 0 Å². The molecule has 2 saturated heterocycles. The monoisotopic (exact) mass is 334 g/mol.